The van der Waals surface area contributed by atoms with E-state index in [0.717, 1.165) is 5.56 Å². The number of amides is 2. The summed E-state index contributed by atoms with van der Waals surface area (Å²) in [5.74, 6) is 0. The molecule has 138 valence electrons. The second-order valence-electron chi connectivity index (χ2n) is 7.53. The molecule has 0 saturated carbocycles. The Bertz CT molecular complexity index is 585. The Hall–Kier alpha value is -2.24. The zero-order chi connectivity index (χ0) is 18.6. The second kappa shape index (κ2) is 7.76. The van der Waals surface area contributed by atoms with E-state index in [-0.39, 0.29) is 30.9 Å². The van der Waals surface area contributed by atoms with Gasteiger partial charge in [-0.05, 0) is 40.2 Å². The highest BCUT2D eigenvalue weighted by Gasteiger charge is 2.37. The third-order valence-electron chi connectivity index (χ3n) is 3.99. The van der Waals surface area contributed by atoms with Gasteiger partial charge in [0, 0.05) is 13.1 Å². The van der Waals surface area contributed by atoms with Crippen LogP contribution in [0.1, 0.15) is 40.2 Å². The van der Waals surface area contributed by atoms with E-state index in [1.54, 1.807) is 9.80 Å². The predicted molar refractivity (Wildman–Crippen MR) is 95.2 cm³/mol. The van der Waals surface area contributed by atoms with E-state index >= 15 is 0 Å². The molecule has 0 radical (unpaired) electrons. The molecule has 1 aromatic rings. The average molecular weight is 348 g/mol. The van der Waals surface area contributed by atoms with Crippen LogP contribution in [0.15, 0.2) is 30.3 Å². The van der Waals surface area contributed by atoms with Gasteiger partial charge in [-0.15, -0.1) is 0 Å². The van der Waals surface area contributed by atoms with Crippen molar-refractivity contribution < 1.29 is 19.1 Å². The highest BCUT2D eigenvalue weighted by molar-refractivity contribution is 5.71. The Labute approximate surface area is 149 Å². The normalized spacial score (nSPS) is 21.0. The first-order valence-corrected chi connectivity index (χ1v) is 8.64. The molecule has 2 rings (SSSR count). The van der Waals surface area contributed by atoms with Crippen molar-refractivity contribution in [3.8, 4) is 0 Å². The molecule has 1 aromatic carbocycles. The number of hydrogen-bond donors (Lipinski definition) is 0. The highest BCUT2D eigenvalue weighted by atomic mass is 16.6. The van der Waals surface area contributed by atoms with Crippen LogP contribution in [0.2, 0.25) is 0 Å². The zero-order valence-electron chi connectivity index (χ0n) is 15.7. The van der Waals surface area contributed by atoms with Crippen LogP contribution in [-0.4, -0.2) is 52.8 Å². The first kappa shape index (κ1) is 19.1. The number of piperazine rings is 1. The van der Waals surface area contributed by atoms with Crippen LogP contribution in [0.3, 0.4) is 0 Å². The number of carbonyl (C=O) groups excluding carboxylic acids is 2. The fraction of sp³-hybridized carbons (Fsp3) is 0.579. The van der Waals surface area contributed by atoms with Gasteiger partial charge >= 0.3 is 12.2 Å². The minimum atomic E-state index is -0.539. The first-order valence-electron chi connectivity index (χ1n) is 8.64. The second-order valence-corrected chi connectivity index (χ2v) is 7.53. The van der Waals surface area contributed by atoms with Gasteiger partial charge in [0.2, 0.25) is 0 Å². The molecule has 2 atom stereocenters. The topological polar surface area (TPSA) is 59.1 Å². The summed E-state index contributed by atoms with van der Waals surface area (Å²) in [6.45, 7) is 10.5. The van der Waals surface area contributed by atoms with Crippen molar-refractivity contribution in [1.82, 2.24) is 9.80 Å². The van der Waals surface area contributed by atoms with Crippen molar-refractivity contribution in [2.75, 3.05) is 13.1 Å². The monoisotopic (exact) mass is 348 g/mol. The van der Waals surface area contributed by atoms with Crippen molar-refractivity contribution in [1.29, 1.82) is 0 Å². The van der Waals surface area contributed by atoms with Gasteiger partial charge in [0.25, 0.3) is 0 Å². The Morgan fingerprint density at radius 1 is 1.04 bits per heavy atom. The van der Waals surface area contributed by atoms with Gasteiger partial charge in [-0.1, -0.05) is 30.3 Å². The maximum absolute atomic E-state index is 12.4. The van der Waals surface area contributed by atoms with Gasteiger partial charge in [-0.25, -0.2) is 9.59 Å². The molecule has 1 heterocycles. The fourth-order valence-electron chi connectivity index (χ4n) is 2.96. The molecule has 1 aliphatic heterocycles. The molecule has 2 amide bonds. The van der Waals surface area contributed by atoms with E-state index in [1.807, 2.05) is 65.0 Å². The molecule has 0 N–H and O–H groups in total. The molecule has 25 heavy (non-hydrogen) atoms. The lowest BCUT2D eigenvalue weighted by atomic mass is 10.1. The maximum atomic E-state index is 12.4. The smallest absolute Gasteiger partial charge is 0.410 e. The predicted octanol–water partition coefficient (Wildman–Crippen LogP) is 3.65. The summed E-state index contributed by atoms with van der Waals surface area (Å²) in [6, 6.07) is 9.30. The van der Waals surface area contributed by atoms with Gasteiger partial charge in [0.1, 0.15) is 12.2 Å². The van der Waals surface area contributed by atoms with Crippen LogP contribution < -0.4 is 0 Å². The van der Waals surface area contributed by atoms with Crippen LogP contribution in [0.25, 0.3) is 0 Å². The average Bonchev–Trinajstić information content (AvgIpc) is 2.51. The Balaban J connectivity index is 1.92. The SMILES string of the molecule is C[C@H]1CN(C(=O)OCc2ccccc2)C[C@H](C)N1C(=O)OC(C)(C)C. The molecule has 6 heteroatoms. The number of hydrogen-bond acceptors (Lipinski definition) is 4. The molecular weight excluding hydrogens is 320 g/mol. The summed E-state index contributed by atoms with van der Waals surface area (Å²) in [7, 11) is 0. The first-order chi connectivity index (χ1) is 11.7. The molecule has 0 spiro atoms. The molecule has 0 aliphatic carbocycles. The molecule has 0 aromatic heterocycles. The summed E-state index contributed by atoms with van der Waals surface area (Å²) in [5, 5.41) is 0. The van der Waals surface area contributed by atoms with Crippen LogP contribution >= 0.6 is 0 Å². The fourth-order valence-corrected chi connectivity index (χ4v) is 2.96. The lowest BCUT2D eigenvalue weighted by Crippen LogP contribution is -2.60. The van der Waals surface area contributed by atoms with Crippen molar-refractivity contribution in [2.45, 2.75) is 58.9 Å². The van der Waals surface area contributed by atoms with E-state index in [0.29, 0.717) is 13.1 Å². The van der Waals surface area contributed by atoms with Crippen LogP contribution in [0.4, 0.5) is 9.59 Å². The highest BCUT2D eigenvalue weighted by Crippen LogP contribution is 2.20. The number of carbonyl (C=O) groups is 2. The number of benzene rings is 1. The summed E-state index contributed by atoms with van der Waals surface area (Å²) < 4.78 is 10.9. The van der Waals surface area contributed by atoms with E-state index in [9.17, 15) is 9.59 Å². The molecular formula is C19H28N2O4. The minimum absolute atomic E-state index is 0.136. The summed E-state index contributed by atoms with van der Waals surface area (Å²) in [6.07, 6.45) is -0.698. The number of ether oxygens (including phenoxy) is 2. The van der Waals surface area contributed by atoms with E-state index in [2.05, 4.69) is 0 Å². The Morgan fingerprint density at radius 3 is 2.12 bits per heavy atom. The van der Waals surface area contributed by atoms with Gasteiger partial charge in [0.05, 0.1) is 12.1 Å². The third-order valence-corrected chi connectivity index (χ3v) is 3.99. The van der Waals surface area contributed by atoms with Crippen LogP contribution in [0.5, 0.6) is 0 Å². The Morgan fingerprint density at radius 2 is 1.60 bits per heavy atom. The summed E-state index contributed by atoms with van der Waals surface area (Å²) >= 11 is 0. The molecule has 0 unspecified atom stereocenters. The van der Waals surface area contributed by atoms with E-state index in [4.69, 9.17) is 9.47 Å². The van der Waals surface area contributed by atoms with Gasteiger partial charge in [0.15, 0.2) is 0 Å². The molecule has 1 aliphatic rings. The maximum Gasteiger partial charge on any atom is 0.410 e. The van der Waals surface area contributed by atoms with E-state index in [1.165, 1.54) is 0 Å². The number of rotatable bonds is 2. The van der Waals surface area contributed by atoms with Crippen LogP contribution in [0, 0.1) is 0 Å². The van der Waals surface area contributed by atoms with E-state index < -0.39 is 5.60 Å². The van der Waals surface area contributed by atoms with Crippen molar-refractivity contribution in [3.05, 3.63) is 35.9 Å². The number of nitrogens with zero attached hydrogens (tertiary/aromatic N) is 2. The lowest BCUT2D eigenvalue weighted by molar-refractivity contribution is -0.0160. The van der Waals surface area contributed by atoms with Crippen molar-refractivity contribution in [2.24, 2.45) is 0 Å². The zero-order valence-corrected chi connectivity index (χ0v) is 15.7. The molecule has 1 saturated heterocycles. The molecule has 0 bridgehead atoms. The molecule has 6 nitrogen and oxygen atoms in total. The largest absolute Gasteiger partial charge is 0.445 e. The third kappa shape index (κ3) is 5.37. The standard InChI is InChI=1S/C19H28N2O4/c1-14-11-20(17(22)24-13-16-9-7-6-8-10-16)12-15(2)21(14)18(23)25-19(3,4)5/h6-10,14-15H,11-13H2,1-5H3/t14-,15-/m0/s1. The molecule has 1 fully saturated rings. The van der Waals surface area contributed by atoms with Gasteiger partial charge in [-0.3, -0.25) is 4.90 Å². The summed E-state index contributed by atoms with van der Waals surface area (Å²) in [4.78, 5) is 28.1. The van der Waals surface area contributed by atoms with Crippen molar-refractivity contribution >= 4 is 12.2 Å². The van der Waals surface area contributed by atoms with Gasteiger partial charge < -0.3 is 14.4 Å². The minimum Gasteiger partial charge on any atom is -0.445 e. The summed E-state index contributed by atoms with van der Waals surface area (Å²) in [5.41, 5.74) is 0.409. The quantitative estimate of drug-likeness (QED) is 0.818. The van der Waals surface area contributed by atoms with Crippen molar-refractivity contribution in [3.63, 3.8) is 0 Å². The van der Waals surface area contributed by atoms with Gasteiger partial charge in [-0.2, -0.15) is 0 Å². The lowest BCUT2D eigenvalue weighted by Gasteiger charge is -2.43. The Kier molecular flexibility index (Phi) is 5.93. The van der Waals surface area contributed by atoms with Crippen LogP contribution in [-0.2, 0) is 16.1 Å².